The molecule has 0 atom stereocenters. The Morgan fingerprint density at radius 1 is 0.971 bits per heavy atom. The number of hydrogen-bond acceptors (Lipinski definition) is 4. The summed E-state index contributed by atoms with van der Waals surface area (Å²) in [7, 11) is 0. The second-order valence-electron chi connectivity index (χ2n) is 10.00. The molecule has 3 rings (SSSR count). The Kier molecular flexibility index (Phi) is 8.31. The second-order valence-corrected chi connectivity index (χ2v) is 10.00. The number of primary amides is 1. The second kappa shape index (κ2) is 11.0. The van der Waals surface area contributed by atoms with Crippen LogP contribution < -0.4 is 5.73 Å². The SMILES string of the molecule is Cc1c(C(N)=O)cc(C(=O)CN2CCN(C(=O)c3ccc(C(C)C)cc3)CC2)n1CCC(C)C. The monoisotopic (exact) mass is 466 g/mol. The first-order chi connectivity index (χ1) is 16.1. The van der Waals surface area contributed by atoms with Crippen molar-refractivity contribution in [1.82, 2.24) is 14.4 Å². The summed E-state index contributed by atoms with van der Waals surface area (Å²) in [5, 5.41) is 0. The number of carbonyl (C=O) groups excluding carboxylic acids is 3. The molecule has 2 heterocycles. The molecule has 2 N–H and O–H groups in total. The zero-order valence-corrected chi connectivity index (χ0v) is 21.1. The molecule has 1 saturated heterocycles. The quantitative estimate of drug-likeness (QED) is 0.571. The Morgan fingerprint density at radius 2 is 1.59 bits per heavy atom. The van der Waals surface area contributed by atoms with Crippen LogP contribution in [0.25, 0.3) is 0 Å². The summed E-state index contributed by atoms with van der Waals surface area (Å²) in [4.78, 5) is 41.9. The highest BCUT2D eigenvalue weighted by atomic mass is 16.2. The third kappa shape index (κ3) is 5.95. The molecule has 184 valence electrons. The van der Waals surface area contributed by atoms with Crippen LogP contribution in [0.5, 0.6) is 0 Å². The number of nitrogens with two attached hydrogens (primary N) is 1. The van der Waals surface area contributed by atoms with E-state index in [1.807, 2.05) is 40.7 Å². The van der Waals surface area contributed by atoms with Crippen molar-refractivity contribution in [2.45, 2.75) is 53.5 Å². The van der Waals surface area contributed by atoms with E-state index in [-0.39, 0.29) is 18.2 Å². The van der Waals surface area contributed by atoms with E-state index in [1.165, 1.54) is 5.56 Å². The van der Waals surface area contributed by atoms with E-state index >= 15 is 0 Å². The molecular weight excluding hydrogens is 428 g/mol. The number of rotatable bonds is 9. The predicted molar refractivity (Wildman–Crippen MR) is 134 cm³/mol. The van der Waals surface area contributed by atoms with Gasteiger partial charge in [-0.05, 0) is 48.9 Å². The van der Waals surface area contributed by atoms with Crippen LogP contribution in [0, 0.1) is 12.8 Å². The van der Waals surface area contributed by atoms with Crippen molar-refractivity contribution in [3.8, 4) is 0 Å². The zero-order valence-electron chi connectivity index (χ0n) is 21.1. The average Bonchev–Trinajstić information content (AvgIpc) is 3.14. The van der Waals surface area contributed by atoms with Crippen LogP contribution in [0.1, 0.15) is 82.5 Å². The minimum atomic E-state index is -0.511. The number of hydrogen-bond donors (Lipinski definition) is 1. The molecule has 0 radical (unpaired) electrons. The largest absolute Gasteiger partial charge is 0.366 e. The summed E-state index contributed by atoms with van der Waals surface area (Å²) in [5.74, 6) is 0.408. The first kappa shape index (κ1) is 25.7. The highest BCUT2D eigenvalue weighted by Crippen LogP contribution is 2.20. The Hall–Kier alpha value is -2.93. The fourth-order valence-electron chi connectivity index (χ4n) is 4.39. The van der Waals surface area contributed by atoms with Crippen LogP contribution in [-0.4, -0.2) is 64.7 Å². The van der Waals surface area contributed by atoms with Crippen LogP contribution in [-0.2, 0) is 6.54 Å². The normalized spacial score (nSPS) is 14.7. The van der Waals surface area contributed by atoms with Crippen LogP contribution >= 0.6 is 0 Å². The first-order valence-electron chi connectivity index (χ1n) is 12.2. The van der Waals surface area contributed by atoms with Gasteiger partial charge in [0.1, 0.15) is 0 Å². The van der Waals surface area contributed by atoms with Crippen molar-refractivity contribution in [3.05, 3.63) is 58.4 Å². The van der Waals surface area contributed by atoms with Crippen LogP contribution in [0.15, 0.2) is 30.3 Å². The third-order valence-corrected chi connectivity index (χ3v) is 6.70. The Labute approximate surface area is 202 Å². The smallest absolute Gasteiger partial charge is 0.253 e. The van der Waals surface area contributed by atoms with Gasteiger partial charge in [0.05, 0.1) is 17.8 Å². The standard InChI is InChI=1S/C27H38N4O3/c1-18(2)10-11-31-20(5)23(26(28)33)16-24(31)25(32)17-29-12-14-30(15-13-29)27(34)22-8-6-21(7-9-22)19(3)4/h6-9,16,18-19H,10-15,17H2,1-5H3,(H2,28,33). The van der Waals surface area contributed by atoms with E-state index in [0.29, 0.717) is 61.4 Å². The summed E-state index contributed by atoms with van der Waals surface area (Å²) in [5.41, 5.74) is 9.15. The summed E-state index contributed by atoms with van der Waals surface area (Å²) in [6.07, 6.45) is 0.910. The van der Waals surface area contributed by atoms with E-state index in [0.717, 1.165) is 12.1 Å². The van der Waals surface area contributed by atoms with E-state index in [1.54, 1.807) is 6.07 Å². The molecule has 0 saturated carbocycles. The predicted octanol–water partition coefficient (Wildman–Crippen LogP) is 3.71. The lowest BCUT2D eigenvalue weighted by atomic mass is 10.0. The lowest BCUT2D eigenvalue weighted by Crippen LogP contribution is -2.50. The van der Waals surface area contributed by atoms with Gasteiger partial charge in [-0.15, -0.1) is 0 Å². The number of piperazine rings is 1. The molecule has 0 bridgehead atoms. The molecule has 1 aliphatic heterocycles. The van der Waals surface area contributed by atoms with Gasteiger partial charge in [-0.25, -0.2) is 0 Å². The van der Waals surface area contributed by atoms with Gasteiger partial charge in [0.2, 0.25) is 0 Å². The maximum atomic E-state index is 13.2. The van der Waals surface area contributed by atoms with E-state index in [9.17, 15) is 14.4 Å². The molecule has 1 aromatic heterocycles. The molecule has 1 aromatic carbocycles. The lowest BCUT2D eigenvalue weighted by molar-refractivity contribution is 0.0622. The van der Waals surface area contributed by atoms with Gasteiger partial charge >= 0.3 is 0 Å². The molecule has 7 heteroatoms. The molecule has 0 spiro atoms. The maximum Gasteiger partial charge on any atom is 0.253 e. The van der Waals surface area contributed by atoms with Crippen molar-refractivity contribution in [3.63, 3.8) is 0 Å². The lowest BCUT2D eigenvalue weighted by Gasteiger charge is -2.34. The minimum Gasteiger partial charge on any atom is -0.366 e. The highest BCUT2D eigenvalue weighted by molar-refractivity contribution is 6.01. The Morgan fingerprint density at radius 3 is 2.12 bits per heavy atom. The van der Waals surface area contributed by atoms with E-state index < -0.39 is 5.91 Å². The number of amides is 2. The molecule has 1 aliphatic rings. The van der Waals surface area contributed by atoms with Crippen molar-refractivity contribution >= 4 is 17.6 Å². The number of ketones is 1. The Balaban J connectivity index is 1.62. The van der Waals surface area contributed by atoms with E-state index in [4.69, 9.17) is 5.73 Å². The summed E-state index contributed by atoms with van der Waals surface area (Å²) < 4.78 is 1.93. The first-order valence-corrected chi connectivity index (χ1v) is 12.2. The van der Waals surface area contributed by atoms with Crippen LogP contribution in [0.3, 0.4) is 0 Å². The van der Waals surface area contributed by atoms with Crippen LogP contribution in [0.2, 0.25) is 0 Å². The minimum absolute atomic E-state index is 0.0246. The van der Waals surface area contributed by atoms with Crippen molar-refractivity contribution in [2.24, 2.45) is 11.7 Å². The number of benzene rings is 1. The molecular formula is C27H38N4O3. The molecule has 0 unspecified atom stereocenters. The number of nitrogens with zero attached hydrogens (tertiary/aromatic N) is 3. The van der Waals surface area contributed by atoms with Gasteiger partial charge in [-0.1, -0.05) is 39.8 Å². The summed E-state index contributed by atoms with van der Waals surface area (Å²) in [6.45, 7) is 13.7. The van der Waals surface area contributed by atoms with Gasteiger partial charge in [0.25, 0.3) is 11.8 Å². The number of aromatic nitrogens is 1. The maximum absolute atomic E-state index is 13.2. The van der Waals surface area contributed by atoms with Gasteiger partial charge in [-0.2, -0.15) is 0 Å². The number of carbonyl (C=O) groups is 3. The van der Waals surface area contributed by atoms with Crippen molar-refractivity contribution in [1.29, 1.82) is 0 Å². The van der Waals surface area contributed by atoms with Gasteiger partial charge in [0, 0.05) is 44.0 Å². The fourth-order valence-corrected chi connectivity index (χ4v) is 4.39. The summed E-state index contributed by atoms with van der Waals surface area (Å²) in [6, 6.07) is 9.48. The topological polar surface area (TPSA) is 88.6 Å². The third-order valence-electron chi connectivity index (χ3n) is 6.70. The molecule has 2 aromatic rings. The molecule has 0 aliphatic carbocycles. The van der Waals surface area contributed by atoms with E-state index in [2.05, 4.69) is 32.6 Å². The number of Topliss-reactive ketones (excluding diaryl/α,β-unsaturated/α-hetero) is 1. The van der Waals surface area contributed by atoms with Crippen LogP contribution in [0.4, 0.5) is 0 Å². The molecule has 34 heavy (non-hydrogen) atoms. The van der Waals surface area contributed by atoms with Crippen molar-refractivity contribution < 1.29 is 14.4 Å². The van der Waals surface area contributed by atoms with Crippen molar-refractivity contribution in [2.75, 3.05) is 32.7 Å². The van der Waals surface area contributed by atoms with Gasteiger partial charge in [0.15, 0.2) is 5.78 Å². The van der Waals surface area contributed by atoms with Gasteiger partial charge < -0.3 is 15.2 Å². The molecule has 1 fully saturated rings. The Bertz CT molecular complexity index is 1030. The average molecular weight is 467 g/mol. The zero-order chi connectivity index (χ0) is 25.0. The van der Waals surface area contributed by atoms with Gasteiger partial charge in [-0.3, -0.25) is 19.3 Å². The molecule has 7 nitrogen and oxygen atoms in total. The fraction of sp³-hybridized carbons (Fsp3) is 0.519. The molecule has 2 amide bonds. The highest BCUT2D eigenvalue weighted by Gasteiger charge is 2.26. The summed E-state index contributed by atoms with van der Waals surface area (Å²) >= 11 is 0.